The molecule has 1 aliphatic rings. The molecule has 0 atom stereocenters. The molecule has 3 rings (SSSR count). The number of hydrogen-bond acceptors (Lipinski definition) is 5. The third kappa shape index (κ3) is 7.35. The summed E-state index contributed by atoms with van der Waals surface area (Å²) in [4.78, 5) is 19.1. The number of carbonyl (C=O) groups is 1. The van der Waals surface area contributed by atoms with Crippen molar-refractivity contribution in [3.05, 3.63) is 47.4 Å². The lowest BCUT2D eigenvalue weighted by atomic mass is 9.93. The third-order valence-electron chi connectivity index (χ3n) is 5.72. The van der Waals surface area contributed by atoms with Gasteiger partial charge >= 0.3 is 0 Å². The van der Waals surface area contributed by atoms with Crippen molar-refractivity contribution < 1.29 is 18.3 Å². The smallest absolute Gasteiger partial charge is 0.223 e. The van der Waals surface area contributed by atoms with E-state index >= 15 is 0 Å². The molecule has 2 heterocycles. The summed E-state index contributed by atoms with van der Waals surface area (Å²) in [6, 6.07) is 4.94. The van der Waals surface area contributed by atoms with Crippen LogP contribution in [0, 0.1) is 18.7 Å². The average molecular weight is 432 g/mol. The molecule has 2 aromatic rings. The van der Waals surface area contributed by atoms with Gasteiger partial charge in [0, 0.05) is 19.9 Å². The van der Waals surface area contributed by atoms with Crippen molar-refractivity contribution in [3.63, 3.8) is 0 Å². The fourth-order valence-electron chi connectivity index (χ4n) is 3.87. The maximum atomic E-state index is 14.5. The van der Waals surface area contributed by atoms with Crippen molar-refractivity contribution in [2.24, 2.45) is 5.92 Å². The largest absolute Gasteiger partial charge is 0.491 e. The highest BCUT2D eigenvalue weighted by Crippen LogP contribution is 2.22. The van der Waals surface area contributed by atoms with Crippen LogP contribution in [0.1, 0.15) is 62.6 Å². The molecule has 0 unspecified atom stereocenters. The van der Waals surface area contributed by atoms with E-state index in [0.29, 0.717) is 43.6 Å². The number of unbranched alkanes of at least 4 members (excludes halogenated alkanes) is 1. The highest BCUT2D eigenvalue weighted by atomic mass is 19.1. The molecule has 0 saturated carbocycles. The molecule has 0 radical (unpaired) electrons. The van der Waals surface area contributed by atoms with Gasteiger partial charge in [0.15, 0.2) is 17.5 Å². The predicted octanol–water partition coefficient (Wildman–Crippen LogP) is 4.61. The number of amides is 1. The van der Waals surface area contributed by atoms with E-state index < -0.39 is 5.82 Å². The lowest BCUT2D eigenvalue weighted by molar-refractivity contribution is -0.132. The van der Waals surface area contributed by atoms with Crippen LogP contribution in [0.4, 0.5) is 4.39 Å². The Labute approximate surface area is 184 Å². The minimum atomic E-state index is -0.395. The second kappa shape index (κ2) is 11.8. The molecule has 6 nitrogen and oxygen atoms in total. The summed E-state index contributed by atoms with van der Waals surface area (Å²) in [5.41, 5.74) is 1.43. The number of nitrogens with one attached hydrogen (secondary N) is 1. The lowest BCUT2D eigenvalue weighted by Gasteiger charge is -2.25. The van der Waals surface area contributed by atoms with Crippen LogP contribution in [-0.2, 0) is 17.9 Å². The van der Waals surface area contributed by atoms with Crippen molar-refractivity contribution in [1.29, 1.82) is 0 Å². The van der Waals surface area contributed by atoms with Gasteiger partial charge in [-0.3, -0.25) is 4.79 Å². The minimum absolute atomic E-state index is 0.0582. The number of rotatable bonds is 11. The van der Waals surface area contributed by atoms with Gasteiger partial charge in [-0.25, -0.2) is 9.37 Å². The minimum Gasteiger partial charge on any atom is -0.491 e. The van der Waals surface area contributed by atoms with Gasteiger partial charge < -0.3 is 19.4 Å². The van der Waals surface area contributed by atoms with Crippen molar-refractivity contribution in [3.8, 4) is 5.75 Å². The van der Waals surface area contributed by atoms with Crippen LogP contribution in [0.25, 0.3) is 0 Å². The van der Waals surface area contributed by atoms with Gasteiger partial charge in [-0.2, -0.15) is 0 Å². The van der Waals surface area contributed by atoms with Gasteiger partial charge in [-0.05, 0) is 62.4 Å². The summed E-state index contributed by atoms with van der Waals surface area (Å²) in [5, 5.41) is 3.36. The van der Waals surface area contributed by atoms with E-state index in [4.69, 9.17) is 9.15 Å². The summed E-state index contributed by atoms with van der Waals surface area (Å²) < 4.78 is 25.3. The van der Waals surface area contributed by atoms with E-state index in [1.165, 1.54) is 6.07 Å². The number of aromatic nitrogens is 1. The van der Waals surface area contributed by atoms with E-state index in [9.17, 15) is 9.18 Å². The Morgan fingerprint density at radius 3 is 2.81 bits per heavy atom. The average Bonchev–Trinajstić information content (AvgIpc) is 3.18. The molecule has 31 heavy (non-hydrogen) atoms. The first-order chi connectivity index (χ1) is 15.0. The van der Waals surface area contributed by atoms with Crippen LogP contribution < -0.4 is 10.1 Å². The number of benzene rings is 1. The zero-order valence-corrected chi connectivity index (χ0v) is 18.7. The van der Waals surface area contributed by atoms with Gasteiger partial charge in [-0.15, -0.1) is 0 Å². The van der Waals surface area contributed by atoms with Gasteiger partial charge in [0.25, 0.3) is 0 Å². The topological polar surface area (TPSA) is 67.6 Å². The Bertz CT molecular complexity index is 833. The van der Waals surface area contributed by atoms with Crippen molar-refractivity contribution in [1.82, 2.24) is 15.2 Å². The first kappa shape index (κ1) is 23.3. The zero-order chi connectivity index (χ0) is 22.1. The molecule has 1 aliphatic heterocycles. The monoisotopic (exact) mass is 431 g/mol. The molecule has 1 aromatic carbocycles. The van der Waals surface area contributed by atoms with Crippen LogP contribution in [0.2, 0.25) is 0 Å². The molecule has 1 fully saturated rings. The number of carbonyl (C=O) groups excluding carboxylic acids is 1. The summed E-state index contributed by atoms with van der Waals surface area (Å²) in [6.45, 7) is 7.05. The Balaban J connectivity index is 1.65. The molecule has 0 aliphatic carbocycles. The third-order valence-corrected chi connectivity index (χ3v) is 5.72. The molecule has 1 N–H and O–H groups in total. The normalized spacial score (nSPS) is 14.5. The van der Waals surface area contributed by atoms with E-state index in [1.807, 2.05) is 6.07 Å². The summed E-state index contributed by atoms with van der Waals surface area (Å²) >= 11 is 0. The van der Waals surface area contributed by atoms with E-state index in [-0.39, 0.29) is 11.7 Å². The maximum Gasteiger partial charge on any atom is 0.223 e. The fourth-order valence-corrected chi connectivity index (χ4v) is 3.87. The first-order valence-electron chi connectivity index (χ1n) is 11.4. The summed E-state index contributed by atoms with van der Waals surface area (Å²) in [5.74, 6) is 1.07. The first-order valence-corrected chi connectivity index (χ1v) is 11.4. The van der Waals surface area contributed by atoms with Crippen molar-refractivity contribution in [2.75, 3.05) is 19.7 Å². The van der Waals surface area contributed by atoms with Crippen LogP contribution in [0.5, 0.6) is 5.75 Å². The number of nitrogens with zero attached hydrogens (tertiary/aromatic N) is 2. The highest BCUT2D eigenvalue weighted by Gasteiger charge is 2.20. The second-order valence-corrected chi connectivity index (χ2v) is 8.31. The summed E-state index contributed by atoms with van der Waals surface area (Å²) in [6.07, 6.45) is 7.05. The van der Waals surface area contributed by atoms with E-state index in [2.05, 4.69) is 17.2 Å². The number of piperidine rings is 1. The summed E-state index contributed by atoms with van der Waals surface area (Å²) in [7, 11) is 0. The Morgan fingerprint density at radius 1 is 1.32 bits per heavy atom. The van der Waals surface area contributed by atoms with E-state index in [1.54, 1.807) is 24.2 Å². The second-order valence-electron chi connectivity index (χ2n) is 8.31. The Kier molecular flexibility index (Phi) is 8.88. The number of oxazole rings is 1. The van der Waals surface area contributed by atoms with Crippen LogP contribution in [0.3, 0.4) is 0 Å². The van der Waals surface area contributed by atoms with Gasteiger partial charge in [0.2, 0.25) is 5.91 Å². The van der Waals surface area contributed by atoms with Crippen LogP contribution in [0.15, 0.2) is 28.9 Å². The Morgan fingerprint density at radius 2 is 2.13 bits per heavy atom. The SMILES string of the molecule is CCCCOc1ccc(CN(Cc2coc(C)n2)C(=O)CCC2CCNCC2)cc1F. The number of halogens is 1. The number of ether oxygens (including phenoxy) is 1. The van der Waals surface area contributed by atoms with E-state index in [0.717, 1.165) is 50.8 Å². The molecule has 1 aromatic heterocycles. The molecular formula is C24H34FN3O3. The number of hydrogen-bond donors (Lipinski definition) is 1. The lowest BCUT2D eigenvalue weighted by Crippen LogP contribution is -2.32. The standard InChI is InChI=1S/C24H34FN3O3/c1-3-4-13-30-23-7-5-20(14-22(23)25)15-28(16-21-17-31-18(2)27-21)24(29)8-6-19-9-11-26-12-10-19/h5,7,14,17,19,26H,3-4,6,8-13,15-16H2,1-2H3. The molecule has 7 heteroatoms. The number of aryl methyl sites for hydroxylation is 1. The molecule has 170 valence electrons. The Hall–Kier alpha value is -2.41. The van der Waals surface area contributed by atoms with Crippen molar-refractivity contribution >= 4 is 5.91 Å². The zero-order valence-electron chi connectivity index (χ0n) is 18.7. The molecule has 0 spiro atoms. The van der Waals surface area contributed by atoms with Gasteiger partial charge in [-0.1, -0.05) is 19.4 Å². The van der Waals surface area contributed by atoms with Gasteiger partial charge in [0.05, 0.1) is 18.8 Å². The fraction of sp³-hybridized carbons (Fsp3) is 0.583. The molecule has 0 bridgehead atoms. The van der Waals surface area contributed by atoms with Crippen molar-refractivity contribution in [2.45, 2.75) is 65.5 Å². The quantitative estimate of drug-likeness (QED) is 0.526. The van der Waals surface area contributed by atoms with Gasteiger partial charge in [0.1, 0.15) is 6.26 Å². The molecule has 1 saturated heterocycles. The highest BCUT2D eigenvalue weighted by molar-refractivity contribution is 5.76. The van der Waals surface area contributed by atoms with Crippen LogP contribution >= 0.6 is 0 Å². The molecular weight excluding hydrogens is 397 g/mol. The predicted molar refractivity (Wildman–Crippen MR) is 117 cm³/mol. The molecule has 1 amide bonds. The van der Waals surface area contributed by atoms with Crippen LogP contribution in [-0.4, -0.2) is 35.5 Å². The maximum absolute atomic E-state index is 14.5.